The van der Waals surface area contributed by atoms with E-state index in [0.717, 1.165) is 0 Å². The number of nitrogens with zero attached hydrogens (tertiary/aromatic N) is 1. The van der Waals surface area contributed by atoms with Gasteiger partial charge in [-0.15, -0.1) is 0 Å². The zero-order valence-corrected chi connectivity index (χ0v) is 8.37. The lowest BCUT2D eigenvalue weighted by atomic mass is 10.0. The number of halogens is 1. The predicted octanol–water partition coefficient (Wildman–Crippen LogP) is 1.63. The second-order valence-corrected chi connectivity index (χ2v) is 4.13. The van der Waals surface area contributed by atoms with Crippen molar-refractivity contribution in [3.05, 3.63) is 23.1 Å². The fourth-order valence-corrected chi connectivity index (χ4v) is 1.64. The molecule has 5 heteroatoms. The molecule has 0 fully saturated rings. The van der Waals surface area contributed by atoms with Crippen LogP contribution in [0, 0.1) is 5.95 Å². The second kappa shape index (κ2) is 2.92. The van der Waals surface area contributed by atoms with Gasteiger partial charge in [0, 0.05) is 12.0 Å². The molecule has 0 bridgehead atoms. The van der Waals surface area contributed by atoms with Crippen LogP contribution in [0.3, 0.4) is 0 Å². The summed E-state index contributed by atoms with van der Waals surface area (Å²) in [7, 11) is 0. The molecule has 2 heterocycles. The van der Waals surface area contributed by atoms with Crippen LogP contribution in [0.4, 0.5) is 4.39 Å². The van der Waals surface area contributed by atoms with Gasteiger partial charge in [0.15, 0.2) is 0 Å². The van der Waals surface area contributed by atoms with Crippen LogP contribution < -0.4 is 4.74 Å². The van der Waals surface area contributed by atoms with Gasteiger partial charge in [0.1, 0.15) is 11.2 Å². The van der Waals surface area contributed by atoms with Crippen molar-refractivity contribution in [3.63, 3.8) is 0 Å². The normalized spacial score (nSPS) is 17.0. The van der Waals surface area contributed by atoms with Gasteiger partial charge in [0.05, 0.1) is 0 Å². The van der Waals surface area contributed by atoms with Gasteiger partial charge in [-0.3, -0.25) is 0 Å². The molecular weight excluding hydrogens is 201 g/mol. The number of hydrogen-bond acceptors (Lipinski definition) is 3. The molecule has 1 aliphatic rings. The zero-order chi connectivity index (χ0) is 11.2. The highest BCUT2D eigenvalue weighted by Crippen LogP contribution is 2.33. The SMILES string of the molecule is CC1(C)Cc2cc(C(=O)O)c(F)nc2O1. The Bertz CT molecular complexity index is 443. The molecule has 4 nitrogen and oxygen atoms in total. The molecule has 0 radical (unpaired) electrons. The Morgan fingerprint density at radius 1 is 1.67 bits per heavy atom. The summed E-state index contributed by atoms with van der Waals surface area (Å²) in [5.74, 6) is -2.12. The summed E-state index contributed by atoms with van der Waals surface area (Å²) in [4.78, 5) is 14.2. The summed E-state index contributed by atoms with van der Waals surface area (Å²) in [6.45, 7) is 3.68. The lowest BCUT2D eigenvalue weighted by molar-refractivity contribution is 0.0690. The van der Waals surface area contributed by atoms with E-state index in [1.807, 2.05) is 13.8 Å². The molecule has 0 saturated carbocycles. The summed E-state index contributed by atoms with van der Waals surface area (Å²) < 4.78 is 18.5. The fourth-order valence-electron chi connectivity index (χ4n) is 1.64. The van der Waals surface area contributed by atoms with Crippen LogP contribution in [0.5, 0.6) is 5.88 Å². The molecular formula is C10H10FNO3. The molecule has 80 valence electrons. The monoisotopic (exact) mass is 211 g/mol. The second-order valence-electron chi connectivity index (χ2n) is 4.13. The molecule has 0 atom stereocenters. The highest BCUT2D eigenvalue weighted by atomic mass is 19.1. The van der Waals surface area contributed by atoms with Gasteiger partial charge in [-0.1, -0.05) is 0 Å². The van der Waals surface area contributed by atoms with E-state index in [0.29, 0.717) is 12.0 Å². The Balaban J connectivity index is 2.50. The van der Waals surface area contributed by atoms with Gasteiger partial charge < -0.3 is 9.84 Å². The average molecular weight is 211 g/mol. The van der Waals surface area contributed by atoms with E-state index in [4.69, 9.17) is 9.84 Å². The number of pyridine rings is 1. The summed E-state index contributed by atoms with van der Waals surface area (Å²) in [5, 5.41) is 8.71. The topological polar surface area (TPSA) is 59.4 Å². The molecule has 15 heavy (non-hydrogen) atoms. The number of aromatic nitrogens is 1. The van der Waals surface area contributed by atoms with Gasteiger partial charge in [0.2, 0.25) is 11.8 Å². The van der Waals surface area contributed by atoms with Gasteiger partial charge >= 0.3 is 5.97 Å². The molecule has 0 aromatic carbocycles. The third-order valence-electron chi connectivity index (χ3n) is 2.23. The van der Waals surface area contributed by atoms with E-state index < -0.39 is 23.1 Å². The number of rotatable bonds is 1. The van der Waals surface area contributed by atoms with Crippen molar-refractivity contribution in [1.82, 2.24) is 4.98 Å². The number of hydrogen-bond donors (Lipinski definition) is 1. The van der Waals surface area contributed by atoms with Crippen molar-refractivity contribution in [2.45, 2.75) is 25.9 Å². The first-order valence-electron chi connectivity index (χ1n) is 4.51. The largest absolute Gasteiger partial charge is 0.478 e. The van der Waals surface area contributed by atoms with Gasteiger partial charge in [-0.05, 0) is 19.9 Å². The van der Waals surface area contributed by atoms with E-state index in [9.17, 15) is 9.18 Å². The van der Waals surface area contributed by atoms with Crippen molar-refractivity contribution >= 4 is 5.97 Å². The lowest BCUT2D eigenvalue weighted by Crippen LogP contribution is -2.24. The Labute approximate surface area is 85.7 Å². The van der Waals surface area contributed by atoms with E-state index in [1.54, 1.807) is 0 Å². The van der Waals surface area contributed by atoms with Gasteiger partial charge in [-0.25, -0.2) is 4.79 Å². The Morgan fingerprint density at radius 3 is 2.93 bits per heavy atom. The number of carboxylic acid groups (broad SMARTS) is 1. The van der Waals surface area contributed by atoms with E-state index in [2.05, 4.69) is 4.98 Å². The van der Waals surface area contributed by atoms with E-state index in [-0.39, 0.29) is 5.88 Å². The first-order chi connectivity index (χ1) is 6.89. The molecule has 0 saturated heterocycles. The first kappa shape index (κ1) is 9.89. The third kappa shape index (κ3) is 1.65. The first-order valence-corrected chi connectivity index (χ1v) is 4.51. The number of carboxylic acids is 1. The highest BCUT2D eigenvalue weighted by Gasteiger charge is 2.33. The van der Waals surface area contributed by atoms with E-state index in [1.165, 1.54) is 6.07 Å². The minimum absolute atomic E-state index is 0.197. The molecule has 0 aliphatic carbocycles. The van der Waals surface area contributed by atoms with Crippen molar-refractivity contribution in [1.29, 1.82) is 0 Å². The summed E-state index contributed by atoms with van der Waals surface area (Å²) >= 11 is 0. The third-order valence-corrected chi connectivity index (χ3v) is 2.23. The number of aromatic carboxylic acids is 1. The molecule has 0 amide bonds. The Morgan fingerprint density at radius 2 is 2.33 bits per heavy atom. The molecule has 1 aromatic rings. The van der Waals surface area contributed by atoms with Crippen LogP contribution in [0.15, 0.2) is 6.07 Å². The molecule has 1 aromatic heterocycles. The number of fused-ring (bicyclic) bond motifs is 1. The quantitative estimate of drug-likeness (QED) is 0.717. The van der Waals surface area contributed by atoms with Crippen molar-refractivity contribution in [3.8, 4) is 5.88 Å². The number of ether oxygens (including phenoxy) is 1. The maximum atomic E-state index is 13.2. The molecule has 0 spiro atoms. The predicted molar refractivity (Wildman–Crippen MR) is 49.6 cm³/mol. The van der Waals surface area contributed by atoms with Crippen molar-refractivity contribution < 1.29 is 19.0 Å². The minimum Gasteiger partial charge on any atom is -0.478 e. The average Bonchev–Trinajstić information content (AvgIpc) is 2.36. The summed E-state index contributed by atoms with van der Waals surface area (Å²) in [6.07, 6.45) is 0.538. The van der Waals surface area contributed by atoms with Crippen LogP contribution in [0.25, 0.3) is 0 Å². The summed E-state index contributed by atoms with van der Waals surface area (Å²) in [6, 6.07) is 1.29. The fraction of sp³-hybridized carbons (Fsp3) is 0.400. The molecule has 1 aliphatic heterocycles. The molecule has 2 rings (SSSR count). The lowest BCUT2D eigenvalue weighted by Gasteiger charge is -2.15. The zero-order valence-electron chi connectivity index (χ0n) is 8.37. The maximum absolute atomic E-state index is 13.2. The van der Waals surface area contributed by atoms with E-state index >= 15 is 0 Å². The Kier molecular flexibility index (Phi) is 1.92. The summed E-state index contributed by atoms with van der Waals surface area (Å²) in [5.41, 5.74) is -0.215. The maximum Gasteiger partial charge on any atom is 0.340 e. The molecule has 1 N–H and O–H groups in total. The minimum atomic E-state index is -1.31. The van der Waals surface area contributed by atoms with Crippen LogP contribution in [0.1, 0.15) is 29.8 Å². The standard InChI is InChI=1S/C10H10FNO3/c1-10(2)4-5-3-6(9(13)14)7(11)12-8(5)15-10/h3H,4H2,1-2H3,(H,13,14). The van der Waals surface area contributed by atoms with Crippen LogP contribution >= 0.6 is 0 Å². The van der Waals surface area contributed by atoms with Crippen molar-refractivity contribution in [2.24, 2.45) is 0 Å². The smallest absolute Gasteiger partial charge is 0.340 e. The van der Waals surface area contributed by atoms with Crippen molar-refractivity contribution in [2.75, 3.05) is 0 Å². The van der Waals surface area contributed by atoms with Crippen LogP contribution in [-0.4, -0.2) is 21.7 Å². The highest BCUT2D eigenvalue weighted by molar-refractivity contribution is 5.87. The van der Waals surface area contributed by atoms with Gasteiger partial charge in [-0.2, -0.15) is 9.37 Å². The van der Waals surface area contributed by atoms with Crippen LogP contribution in [0.2, 0.25) is 0 Å². The Hall–Kier alpha value is -1.65. The van der Waals surface area contributed by atoms with Gasteiger partial charge in [0.25, 0.3) is 0 Å². The van der Waals surface area contributed by atoms with Crippen LogP contribution in [-0.2, 0) is 6.42 Å². The number of carbonyl (C=O) groups is 1. The molecule has 0 unspecified atom stereocenters.